The fraction of sp³-hybridized carbons (Fsp3) is 0.235. The highest BCUT2D eigenvalue weighted by molar-refractivity contribution is 5.97. The van der Waals surface area contributed by atoms with Crippen molar-refractivity contribution >= 4 is 5.78 Å². The van der Waals surface area contributed by atoms with Crippen LogP contribution in [-0.4, -0.2) is 23.8 Å². The van der Waals surface area contributed by atoms with Crippen LogP contribution in [0.1, 0.15) is 21.5 Å². The number of halogens is 2. The molecule has 0 atom stereocenters. The first-order chi connectivity index (χ1) is 10.1. The highest BCUT2D eigenvalue weighted by Gasteiger charge is 2.19. The van der Waals surface area contributed by atoms with Crippen LogP contribution in [0.3, 0.4) is 0 Å². The Morgan fingerprint density at radius 1 is 1.05 bits per heavy atom. The molecule has 0 saturated heterocycles. The van der Waals surface area contributed by atoms with Crippen LogP contribution in [0.15, 0.2) is 42.5 Å². The summed E-state index contributed by atoms with van der Waals surface area (Å²) >= 11 is 0. The van der Waals surface area contributed by atoms with Crippen LogP contribution in [0.4, 0.5) is 8.78 Å². The van der Waals surface area contributed by atoms with E-state index < -0.39 is 11.6 Å². The van der Waals surface area contributed by atoms with Gasteiger partial charge in [0.15, 0.2) is 17.4 Å². The largest absolute Gasteiger partial charge is 0.293 e. The second-order valence-corrected chi connectivity index (χ2v) is 5.28. The minimum absolute atomic E-state index is 0.187. The van der Waals surface area contributed by atoms with Crippen LogP contribution in [0.5, 0.6) is 0 Å². The van der Waals surface area contributed by atoms with E-state index in [9.17, 15) is 13.6 Å². The summed E-state index contributed by atoms with van der Waals surface area (Å²) in [6, 6.07) is 11.5. The first kappa shape index (κ1) is 13.9. The Morgan fingerprint density at radius 3 is 2.57 bits per heavy atom. The Kier molecular flexibility index (Phi) is 3.80. The van der Waals surface area contributed by atoms with Crippen molar-refractivity contribution in [2.45, 2.75) is 13.0 Å². The molecular weight excluding hydrogens is 272 g/mol. The molecule has 0 fully saturated rings. The summed E-state index contributed by atoms with van der Waals surface area (Å²) in [6.45, 7) is 1.73. The van der Waals surface area contributed by atoms with Gasteiger partial charge in [-0.1, -0.05) is 24.3 Å². The van der Waals surface area contributed by atoms with E-state index >= 15 is 0 Å². The van der Waals surface area contributed by atoms with Gasteiger partial charge in [0, 0.05) is 18.7 Å². The van der Waals surface area contributed by atoms with Gasteiger partial charge >= 0.3 is 0 Å². The topological polar surface area (TPSA) is 20.3 Å². The molecule has 1 aliphatic rings. The Bertz CT molecular complexity index is 684. The quantitative estimate of drug-likeness (QED) is 0.808. The molecule has 108 valence electrons. The monoisotopic (exact) mass is 287 g/mol. The third kappa shape index (κ3) is 3.00. The predicted octanol–water partition coefficient (Wildman–Crippen LogP) is 3.21. The van der Waals surface area contributed by atoms with Crippen molar-refractivity contribution in [3.05, 3.63) is 70.8 Å². The smallest absolute Gasteiger partial charge is 0.176 e. The molecule has 0 spiro atoms. The average molecular weight is 287 g/mol. The van der Waals surface area contributed by atoms with Crippen molar-refractivity contribution in [2.24, 2.45) is 0 Å². The number of benzene rings is 2. The van der Waals surface area contributed by atoms with Gasteiger partial charge in [0.2, 0.25) is 0 Å². The van der Waals surface area contributed by atoms with Crippen LogP contribution in [0.25, 0.3) is 0 Å². The van der Waals surface area contributed by atoms with E-state index in [0.29, 0.717) is 6.54 Å². The zero-order chi connectivity index (χ0) is 14.8. The molecule has 1 aliphatic heterocycles. The molecule has 0 saturated carbocycles. The first-order valence-electron chi connectivity index (χ1n) is 6.91. The maximum atomic E-state index is 13.2. The Labute approximate surface area is 122 Å². The maximum Gasteiger partial charge on any atom is 0.176 e. The Balaban J connectivity index is 1.70. The van der Waals surface area contributed by atoms with Crippen LogP contribution in [0.2, 0.25) is 0 Å². The number of carbonyl (C=O) groups excluding carboxylic acids is 1. The highest BCUT2D eigenvalue weighted by Crippen LogP contribution is 2.19. The summed E-state index contributed by atoms with van der Waals surface area (Å²) in [5.74, 6) is -2.10. The van der Waals surface area contributed by atoms with Crippen molar-refractivity contribution in [1.82, 2.24) is 4.90 Å². The maximum absolute atomic E-state index is 13.2. The van der Waals surface area contributed by atoms with Crippen LogP contribution >= 0.6 is 0 Å². The summed E-state index contributed by atoms with van der Waals surface area (Å²) < 4.78 is 26.1. The number of carbonyl (C=O) groups is 1. The second-order valence-electron chi connectivity index (χ2n) is 5.28. The van der Waals surface area contributed by atoms with E-state index in [4.69, 9.17) is 0 Å². The van der Waals surface area contributed by atoms with Crippen LogP contribution in [0, 0.1) is 11.6 Å². The molecule has 0 amide bonds. The molecule has 0 N–H and O–H groups in total. The van der Waals surface area contributed by atoms with Gasteiger partial charge < -0.3 is 0 Å². The summed E-state index contributed by atoms with van der Waals surface area (Å²) in [6.07, 6.45) is 0.904. The average Bonchev–Trinajstić information content (AvgIpc) is 2.50. The van der Waals surface area contributed by atoms with E-state index in [0.717, 1.165) is 25.1 Å². The molecule has 0 aromatic heterocycles. The fourth-order valence-corrected chi connectivity index (χ4v) is 2.65. The van der Waals surface area contributed by atoms with Crippen molar-refractivity contribution in [3.8, 4) is 0 Å². The van der Waals surface area contributed by atoms with Crippen molar-refractivity contribution in [2.75, 3.05) is 13.1 Å². The molecule has 0 aliphatic carbocycles. The van der Waals surface area contributed by atoms with Crippen LogP contribution < -0.4 is 0 Å². The standard InChI is InChI=1S/C17H15F2NO/c18-15-6-5-13(9-16(15)19)17(21)11-20-8-7-12-3-1-2-4-14(12)10-20/h1-6,9H,7-8,10-11H2. The molecule has 0 radical (unpaired) electrons. The van der Waals surface area contributed by atoms with Gasteiger partial charge in [-0.05, 0) is 35.7 Å². The van der Waals surface area contributed by atoms with E-state index in [1.54, 1.807) is 0 Å². The summed E-state index contributed by atoms with van der Waals surface area (Å²) in [7, 11) is 0. The molecule has 21 heavy (non-hydrogen) atoms. The zero-order valence-corrected chi connectivity index (χ0v) is 11.5. The zero-order valence-electron chi connectivity index (χ0n) is 11.5. The number of rotatable bonds is 3. The highest BCUT2D eigenvalue weighted by atomic mass is 19.2. The summed E-state index contributed by atoms with van der Waals surface area (Å²) in [5, 5.41) is 0. The van der Waals surface area contributed by atoms with Gasteiger partial charge in [-0.15, -0.1) is 0 Å². The van der Waals surface area contributed by atoms with Crippen molar-refractivity contribution in [1.29, 1.82) is 0 Å². The molecule has 2 nitrogen and oxygen atoms in total. The third-order valence-electron chi connectivity index (χ3n) is 3.82. The molecule has 3 rings (SSSR count). The minimum atomic E-state index is -0.982. The SMILES string of the molecule is O=C(CN1CCc2ccccc2C1)c1ccc(F)c(F)c1. The lowest BCUT2D eigenvalue weighted by atomic mass is 9.99. The summed E-state index contributed by atoms with van der Waals surface area (Å²) in [5.41, 5.74) is 2.75. The number of hydrogen-bond acceptors (Lipinski definition) is 2. The molecule has 0 unspecified atom stereocenters. The number of hydrogen-bond donors (Lipinski definition) is 0. The fourth-order valence-electron chi connectivity index (χ4n) is 2.65. The molecule has 0 bridgehead atoms. The second kappa shape index (κ2) is 5.74. The van der Waals surface area contributed by atoms with Crippen LogP contribution in [-0.2, 0) is 13.0 Å². The number of fused-ring (bicyclic) bond motifs is 1. The molecule has 1 heterocycles. The van der Waals surface area contributed by atoms with E-state index in [1.165, 1.54) is 17.2 Å². The molecular formula is C17H15F2NO. The Hall–Kier alpha value is -2.07. The lowest BCUT2D eigenvalue weighted by Crippen LogP contribution is -2.34. The van der Waals surface area contributed by atoms with E-state index in [1.807, 2.05) is 17.0 Å². The van der Waals surface area contributed by atoms with Gasteiger partial charge in [0.05, 0.1) is 6.54 Å². The number of Topliss-reactive ketones (excluding diaryl/α,β-unsaturated/α-hetero) is 1. The first-order valence-corrected chi connectivity index (χ1v) is 6.91. The normalized spacial score (nSPS) is 14.8. The van der Waals surface area contributed by atoms with E-state index in [2.05, 4.69) is 12.1 Å². The minimum Gasteiger partial charge on any atom is -0.293 e. The summed E-state index contributed by atoms with van der Waals surface area (Å²) in [4.78, 5) is 14.2. The molecule has 2 aromatic rings. The number of nitrogens with zero attached hydrogens (tertiary/aromatic N) is 1. The predicted molar refractivity (Wildman–Crippen MR) is 76.1 cm³/mol. The number of ketones is 1. The van der Waals surface area contributed by atoms with Gasteiger partial charge in [-0.3, -0.25) is 9.69 Å². The van der Waals surface area contributed by atoms with Gasteiger partial charge in [0.25, 0.3) is 0 Å². The molecule has 2 aromatic carbocycles. The van der Waals surface area contributed by atoms with E-state index in [-0.39, 0.29) is 17.9 Å². The van der Waals surface area contributed by atoms with Gasteiger partial charge in [-0.2, -0.15) is 0 Å². The lowest BCUT2D eigenvalue weighted by Gasteiger charge is -2.28. The van der Waals surface area contributed by atoms with Crippen molar-refractivity contribution < 1.29 is 13.6 Å². The molecule has 4 heteroatoms. The lowest BCUT2D eigenvalue weighted by molar-refractivity contribution is 0.0921. The third-order valence-corrected chi connectivity index (χ3v) is 3.82. The van der Waals surface area contributed by atoms with Gasteiger partial charge in [0.1, 0.15) is 0 Å². The van der Waals surface area contributed by atoms with Gasteiger partial charge in [-0.25, -0.2) is 8.78 Å². The Morgan fingerprint density at radius 2 is 1.81 bits per heavy atom. The van der Waals surface area contributed by atoms with Crippen molar-refractivity contribution in [3.63, 3.8) is 0 Å².